The average Bonchev–Trinajstić information content (AvgIpc) is 2.37. The van der Waals surface area contributed by atoms with E-state index in [0.717, 1.165) is 5.56 Å². The van der Waals surface area contributed by atoms with Crippen LogP contribution in [0.15, 0.2) is 30.3 Å². The van der Waals surface area contributed by atoms with E-state index in [1.807, 2.05) is 6.07 Å². The molecule has 0 bridgehead atoms. The summed E-state index contributed by atoms with van der Waals surface area (Å²) in [6.07, 6.45) is 0. The van der Waals surface area contributed by atoms with Gasteiger partial charge in [0, 0.05) is 5.56 Å². The lowest BCUT2D eigenvalue weighted by Gasteiger charge is -2.11. The number of pyridine rings is 1. The molecule has 0 saturated carbocycles. The normalized spacial score (nSPS) is 10.2. The van der Waals surface area contributed by atoms with Gasteiger partial charge in [0.2, 0.25) is 0 Å². The van der Waals surface area contributed by atoms with E-state index < -0.39 is 5.97 Å². The van der Waals surface area contributed by atoms with Crippen molar-refractivity contribution in [1.29, 1.82) is 0 Å². The second kappa shape index (κ2) is 4.97. The number of para-hydroxylation sites is 1. The largest absolute Gasteiger partial charge is 0.494 e. The Kier molecular flexibility index (Phi) is 3.37. The number of rotatable bonds is 3. The Labute approximate surface area is 110 Å². The first kappa shape index (κ1) is 12.9. The van der Waals surface area contributed by atoms with Gasteiger partial charge in [0.25, 0.3) is 0 Å². The van der Waals surface area contributed by atoms with Crippen molar-refractivity contribution >= 4 is 11.7 Å². The van der Waals surface area contributed by atoms with E-state index in [0.29, 0.717) is 22.8 Å². The summed E-state index contributed by atoms with van der Waals surface area (Å²) in [6, 6.07) is 8.55. The molecule has 1 aromatic carbocycles. The minimum atomic E-state index is -0.990. The molecule has 1 aromatic heterocycles. The second-order valence-electron chi connectivity index (χ2n) is 4.06. The molecule has 0 atom stereocenters. The molecule has 98 valence electrons. The maximum absolute atomic E-state index is 11.0. The Morgan fingerprint density at radius 1 is 1.32 bits per heavy atom. The highest BCUT2D eigenvalue weighted by atomic mass is 16.5. The van der Waals surface area contributed by atoms with Crippen molar-refractivity contribution in [3.63, 3.8) is 0 Å². The summed E-state index contributed by atoms with van der Waals surface area (Å²) in [5, 5.41) is 8.99. The van der Waals surface area contributed by atoms with E-state index in [2.05, 4.69) is 4.98 Å². The molecular weight excluding hydrogens is 244 g/mol. The third-order valence-corrected chi connectivity index (χ3v) is 2.84. The molecule has 2 aromatic rings. The number of carbonyl (C=O) groups is 1. The predicted molar refractivity (Wildman–Crippen MR) is 72.3 cm³/mol. The molecule has 0 spiro atoms. The molecule has 5 heteroatoms. The van der Waals surface area contributed by atoms with Gasteiger partial charge in [-0.2, -0.15) is 0 Å². The molecule has 0 fully saturated rings. The number of hydrogen-bond acceptors (Lipinski definition) is 4. The molecule has 1 heterocycles. The predicted octanol–water partition coefficient (Wildman–Crippen LogP) is 2.35. The summed E-state index contributed by atoms with van der Waals surface area (Å²) < 4.78 is 5.27. The molecule has 5 nitrogen and oxygen atoms in total. The maximum atomic E-state index is 11.0. The van der Waals surface area contributed by atoms with Crippen LogP contribution in [0.2, 0.25) is 0 Å². The lowest BCUT2D eigenvalue weighted by atomic mass is 10.1. The van der Waals surface area contributed by atoms with Gasteiger partial charge in [0.15, 0.2) is 5.75 Å². The van der Waals surface area contributed by atoms with E-state index in [4.69, 9.17) is 15.6 Å². The molecular formula is C14H14N2O3. The van der Waals surface area contributed by atoms with E-state index >= 15 is 0 Å². The first-order valence-corrected chi connectivity index (χ1v) is 5.68. The van der Waals surface area contributed by atoms with Crippen LogP contribution in [0.3, 0.4) is 0 Å². The van der Waals surface area contributed by atoms with Gasteiger partial charge < -0.3 is 15.6 Å². The van der Waals surface area contributed by atoms with Crippen molar-refractivity contribution in [2.24, 2.45) is 0 Å². The molecule has 0 aliphatic heterocycles. The van der Waals surface area contributed by atoms with Gasteiger partial charge in [0.05, 0.1) is 29.7 Å². The Balaban J connectivity index is 2.57. The first-order chi connectivity index (χ1) is 9.04. The number of carboxylic acid groups (broad SMARTS) is 1. The lowest BCUT2D eigenvalue weighted by molar-refractivity contribution is 0.0695. The standard InChI is InChI=1S/C14H14N2O3/c1-8-9(14(17)18)6-7-12(16-8)10-4-3-5-11(15)13(10)19-2/h3-7H,15H2,1-2H3,(H,17,18). The Hall–Kier alpha value is -2.56. The first-order valence-electron chi connectivity index (χ1n) is 5.68. The number of aryl methyl sites for hydroxylation is 1. The van der Waals surface area contributed by atoms with Gasteiger partial charge in [-0.1, -0.05) is 6.07 Å². The number of nitrogen functional groups attached to an aromatic ring is 1. The van der Waals surface area contributed by atoms with E-state index in [1.165, 1.54) is 13.2 Å². The third kappa shape index (κ3) is 2.35. The van der Waals surface area contributed by atoms with Crippen LogP contribution in [0.25, 0.3) is 11.3 Å². The monoisotopic (exact) mass is 258 g/mol. The van der Waals surface area contributed by atoms with Gasteiger partial charge in [0.1, 0.15) is 0 Å². The molecule has 19 heavy (non-hydrogen) atoms. The molecule has 0 saturated heterocycles. The SMILES string of the molecule is COc1c(N)cccc1-c1ccc(C(=O)O)c(C)n1. The van der Waals surface area contributed by atoms with Crippen LogP contribution in [-0.4, -0.2) is 23.2 Å². The van der Waals surface area contributed by atoms with E-state index in [9.17, 15) is 4.79 Å². The minimum Gasteiger partial charge on any atom is -0.494 e. The van der Waals surface area contributed by atoms with Crippen LogP contribution in [-0.2, 0) is 0 Å². The number of carboxylic acids is 1. The highest BCUT2D eigenvalue weighted by Crippen LogP contribution is 2.33. The molecule has 0 unspecified atom stereocenters. The Morgan fingerprint density at radius 3 is 2.63 bits per heavy atom. The summed E-state index contributed by atoms with van der Waals surface area (Å²) in [7, 11) is 1.54. The van der Waals surface area contributed by atoms with Crippen molar-refractivity contribution in [2.75, 3.05) is 12.8 Å². The van der Waals surface area contributed by atoms with Crippen LogP contribution in [0.1, 0.15) is 16.1 Å². The van der Waals surface area contributed by atoms with Gasteiger partial charge in [-0.25, -0.2) is 4.79 Å². The van der Waals surface area contributed by atoms with Crippen LogP contribution in [0, 0.1) is 6.92 Å². The van der Waals surface area contributed by atoms with Crippen LogP contribution < -0.4 is 10.5 Å². The number of methoxy groups -OCH3 is 1. The highest BCUT2D eigenvalue weighted by molar-refractivity contribution is 5.89. The maximum Gasteiger partial charge on any atom is 0.337 e. The molecule has 0 aliphatic carbocycles. The van der Waals surface area contributed by atoms with E-state index in [1.54, 1.807) is 25.1 Å². The van der Waals surface area contributed by atoms with Crippen molar-refractivity contribution < 1.29 is 14.6 Å². The summed E-state index contributed by atoms with van der Waals surface area (Å²) >= 11 is 0. The van der Waals surface area contributed by atoms with Crippen LogP contribution >= 0.6 is 0 Å². The molecule has 0 amide bonds. The summed E-state index contributed by atoms with van der Waals surface area (Å²) in [4.78, 5) is 15.3. The van der Waals surface area contributed by atoms with Gasteiger partial charge in [-0.05, 0) is 31.2 Å². The number of nitrogens with zero attached hydrogens (tertiary/aromatic N) is 1. The Morgan fingerprint density at radius 2 is 2.05 bits per heavy atom. The molecule has 0 radical (unpaired) electrons. The number of nitrogens with two attached hydrogens (primary N) is 1. The van der Waals surface area contributed by atoms with Crippen LogP contribution in [0.4, 0.5) is 5.69 Å². The fourth-order valence-electron chi connectivity index (χ4n) is 1.92. The summed E-state index contributed by atoms with van der Waals surface area (Å²) in [5.74, 6) is -0.450. The average molecular weight is 258 g/mol. The summed E-state index contributed by atoms with van der Waals surface area (Å²) in [5.41, 5.74) is 8.36. The van der Waals surface area contributed by atoms with E-state index in [-0.39, 0.29) is 5.56 Å². The number of ether oxygens (including phenoxy) is 1. The zero-order valence-corrected chi connectivity index (χ0v) is 10.7. The zero-order chi connectivity index (χ0) is 14.0. The number of aromatic nitrogens is 1. The Bertz CT molecular complexity index is 639. The topological polar surface area (TPSA) is 85.4 Å². The highest BCUT2D eigenvalue weighted by Gasteiger charge is 2.13. The van der Waals surface area contributed by atoms with Crippen molar-refractivity contribution in [2.45, 2.75) is 6.92 Å². The fraction of sp³-hybridized carbons (Fsp3) is 0.143. The van der Waals surface area contributed by atoms with Crippen molar-refractivity contribution in [3.8, 4) is 17.0 Å². The molecule has 0 aliphatic rings. The van der Waals surface area contributed by atoms with Gasteiger partial charge in [-0.3, -0.25) is 4.98 Å². The molecule has 2 rings (SSSR count). The van der Waals surface area contributed by atoms with Crippen LogP contribution in [0.5, 0.6) is 5.75 Å². The molecule has 3 N–H and O–H groups in total. The van der Waals surface area contributed by atoms with Crippen molar-refractivity contribution in [3.05, 3.63) is 41.6 Å². The lowest BCUT2D eigenvalue weighted by Crippen LogP contribution is -2.03. The fourth-order valence-corrected chi connectivity index (χ4v) is 1.92. The minimum absolute atomic E-state index is 0.187. The van der Waals surface area contributed by atoms with Gasteiger partial charge >= 0.3 is 5.97 Å². The third-order valence-electron chi connectivity index (χ3n) is 2.84. The number of benzene rings is 1. The zero-order valence-electron chi connectivity index (χ0n) is 10.7. The number of aromatic carboxylic acids is 1. The van der Waals surface area contributed by atoms with Gasteiger partial charge in [-0.15, -0.1) is 0 Å². The quantitative estimate of drug-likeness (QED) is 0.825. The smallest absolute Gasteiger partial charge is 0.337 e. The number of hydrogen-bond donors (Lipinski definition) is 2. The number of anilines is 1. The second-order valence-corrected chi connectivity index (χ2v) is 4.06. The summed E-state index contributed by atoms with van der Waals surface area (Å²) in [6.45, 7) is 1.66. The van der Waals surface area contributed by atoms with Crippen molar-refractivity contribution in [1.82, 2.24) is 4.98 Å².